The van der Waals surface area contributed by atoms with Gasteiger partial charge in [-0.15, -0.1) is 0 Å². The van der Waals surface area contributed by atoms with Crippen LogP contribution in [-0.4, -0.2) is 30.0 Å². The maximum atomic E-state index is 12.5. The summed E-state index contributed by atoms with van der Waals surface area (Å²) in [5.41, 5.74) is 0.773. The average molecular weight is 379 g/mol. The highest BCUT2D eigenvalue weighted by Gasteiger charge is 2.17. The molecule has 5 nitrogen and oxygen atoms in total. The summed E-state index contributed by atoms with van der Waals surface area (Å²) in [5.74, 6) is -4.32. The lowest BCUT2D eigenvalue weighted by atomic mass is 10.1. The smallest absolute Gasteiger partial charge is 0.339 e. The van der Waals surface area contributed by atoms with Crippen LogP contribution in [0.3, 0.4) is 0 Å². The molecule has 0 aromatic heterocycles. The molecule has 1 amide bonds. The minimum Gasteiger partial charge on any atom is -0.452 e. The number of anilines is 1. The number of Topliss-reactive ketones (excluding diaryl/α,β-unsaturated/α-hetero) is 1. The quantitative estimate of drug-likeness (QED) is 0.447. The molecule has 136 valence electrons. The first-order chi connectivity index (χ1) is 12.4. The van der Waals surface area contributed by atoms with Crippen molar-refractivity contribution >= 4 is 35.1 Å². The molecule has 2 aromatic rings. The van der Waals surface area contributed by atoms with Gasteiger partial charge in [-0.3, -0.25) is 9.59 Å². The number of thioether (sulfide) groups is 1. The third-order valence-electron chi connectivity index (χ3n) is 3.21. The summed E-state index contributed by atoms with van der Waals surface area (Å²) in [6.45, 7) is 0.814. The fourth-order valence-corrected chi connectivity index (χ4v) is 2.68. The Balaban J connectivity index is 1.96. The number of halogens is 2. The fourth-order valence-electron chi connectivity index (χ4n) is 2.06. The van der Waals surface area contributed by atoms with Gasteiger partial charge in [-0.25, -0.2) is 4.79 Å². The first-order valence-electron chi connectivity index (χ1n) is 7.48. The van der Waals surface area contributed by atoms with Gasteiger partial charge >= 0.3 is 5.97 Å². The van der Waals surface area contributed by atoms with Crippen molar-refractivity contribution in [1.29, 1.82) is 0 Å². The van der Waals surface area contributed by atoms with Crippen molar-refractivity contribution in [2.24, 2.45) is 0 Å². The Kier molecular flexibility index (Phi) is 6.85. The number of alkyl halides is 2. The predicted molar refractivity (Wildman–Crippen MR) is 93.7 cm³/mol. The number of rotatable bonds is 7. The molecule has 0 atom stereocenters. The molecular formula is C18H15F2NO4S. The molecule has 2 aromatic carbocycles. The molecule has 1 N–H and O–H groups in total. The van der Waals surface area contributed by atoms with Gasteiger partial charge in [0.2, 0.25) is 0 Å². The molecule has 0 saturated heterocycles. The Labute approximate surface area is 152 Å². The number of ether oxygens (including phenoxy) is 1. The molecule has 2 rings (SSSR count). The SMILES string of the molecule is CC(=O)c1cccc(NC(=O)COC(=O)c2ccccc2SC(F)F)c1. The largest absolute Gasteiger partial charge is 0.452 e. The molecule has 0 saturated carbocycles. The van der Waals surface area contributed by atoms with Gasteiger partial charge in [-0.1, -0.05) is 36.0 Å². The zero-order chi connectivity index (χ0) is 19.1. The van der Waals surface area contributed by atoms with Crippen LogP contribution in [0.1, 0.15) is 27.6 Å². The van der Waals surface area contributed by atoms with Crippen LogP contribution < -0.4 is 5.32 Å². The number of amides is 1. The van der Waals surface area contributed by atoms with E-state index < -0.39 is 24.2 Å². The van der Waals surface area contributed by atoms with E-state index in [4.69, 9.17) is 4.74 Å². The predicted octanol–water partition coefficient (Wildman–Crippen LogP) is 4.00. The van der Waals surface area contributed by atoms with Gasteiger partial charge in [-0.2, -0.15) is 8.78 Å². The Morgan fingerprint density at radius 2 is 1.85 bits per heavy atom. The highest BCUT2D eigenvalue weighted by Crippen LogP contribution is 2.28. The number of hydrogen-bond acceptors (Lipinski definition) is 5. The van der Waals surface area contributed by atoms with Gasteiger partial charge in [0, 0.05) is 16.1 Å². The van der Waals surface area contributed by atoms with Crippen molar-refractivity contribution in [1.82, 2.24) is 0 Å². The van der Waals surface area contributed by atoms with Crippen LogP contribution in [0.2, 0.25) is 0 Å². The second-order valence-electron chi connectivity index (χ2n) is 5.14. The molecule has 0 heterocycles. The van der Waals surface area contributed by atoms with E-state index in [9.17, 15) is 23.2 Å². The normalized spacial score (nSPS) is 10.5. The summed E-state index contributed by atoms with van der Waals surface area (Å²) in [7, 11) is 0. The van der Waals surface area contributed by atoms with E-state index in [2.05, 4.69) is 5.32 Å². The van der Waals surface area contributed by atoms with E-state index in [0.717, 1.165) is 0 Å². The number of carbonyl (C=O) groups excluding carboxylic acids is 3. The number of benzene rings is 2. The topological polar surface area (TPSA) is 72.5 Å². The molecule has 0 aliphatic heterocycles. The lowest BCUT2D eigenvalue weighted by Crippen LogP contribution is -2.21. The third-order valence-corrected chi connectivity index (χ3v) is 4.00. The lowest BCUT2D eigenvalue weighted by molar-refractivity contribution is -0.119. The van der Waals surface area contributed by atoms with E-state index in [1.165, 1.54) is 37.3 Å². The van der Waals surface area contributed by atoms with Gasteiger partial charge < -0.3 is 10.1 Å². The van der Waals surface area contributed by atoms with Gasteiger partial charge in [0.25, 0.3) is 11.7 Å². The number of carbonyl (C=O) groups is 3. The van der Waals surface area contributed by atoms with Gasteiger partial charge in [0.1, 0.15) is 0 Å². The molecule has 0 spiro atoms. The van der Waals surface area contributed by atoms with Crippen molar-refractivity contribution in [3.05, 3.63) is 59.7 Å². The van der Waals surface area contributed by atoms with Crippen molar-refractivity contribution < 1.29 is 27.9 Å². The number of hydrogen-bond donors (Lipinski definition) is 1. The van der Waals surface area contributed by atoms with Crippen molar-refractivity contribution in [3.8, 4) is 0 Å². The van der Waals surface area contributed by atoms with Crippen molar-refractivity contribution in [2.45, 2.75) is 17.6 Å². The van der Waals surface area contributed by atoms with Crippen LogP contribution in [0.5, 0.6) is 0 Å². The number of esters is 1. The average Bonchev–Trinajstić information content (AvgIpc) is 2.60. The molecule has 0 aliphatic rings. The van der Waals surface area contributed by atoms with Crippen LogP contribution in [0, 0.1) is 0 Å². The zero-order valence-electron chi connectivity index (χ0n) is 13.7. The Morgan fingerprint density at radius 1 is 1.12 bits per heavy atom. The third kappa shape index (κ3) is 5.66. The van der Waals surface area contributed by atoms with Crippen LogP contribution in [0.4, 0.5) is 14.5 Å². The highest BCUT2D eigenvalue weighted by atomic mass is 32.2. The summed E-state index contributed by atoms with van der Waals surface area (Å²) in [5, 5.41) is 2.50. The van der Waals surface area contributed by atoms with Crippen LogP contribution >= 0.6 is 11.8 Å². The molecule has 0 bridgehead atoms. The summed E-state index contributed by atoms with van der Waals surface area (Å²) in [4.78, 5) is 35.3. The van der Waals surface area contributed by atoms with Crippen molar-refractivity contribution in [3.63, 3.8) is 0 Å². The van der Waals surface area contributed by atoms with Gasteiger partial charge in [0.05, 0.1) is 5.56 Å². The molecule has 0 aliphatic carbocycles. The summed E-state index contributed by atoms with van der Waals surface area (Å²) < 4.78 is 30.0. The number of ketones is 1. The fraction of sp³-hybridized carbons (Fsp3) is 0.167. The Bertz CT molecular complexity index is 826. The van der Waals surface area contributed by atoms with E-state index in [-0.39, 0.29) is 28.0 Å². The minimum atomic E-state index is -2.68. The van der Waals surface area contributed by atoms with Crippen LogP contribution in [0.25, 0.3) is 0 Å². The van der Waals surface area contributed by atoms with E-state index in [0.29, 0.717) is 11.3 Å². The minimum absolute atomic E-state index is 0.0378. The first kappa shape index (κ1) is 19.6. The summed E-state index contributed by atoms with van der Waals surface area (Å²) in [6.07, 6.45) is 0. The van der Waals surface area contributed by atoms with Crippen LogP contribution in [-0.2, 0) is 9.53 Å². The summed E-state index contributed by atoms with van der Waals surface area (Å²) in [6, 6.07) is 12.1. The summed E-state index contributed by atoms with van der Waals surface area (Å²) >= 11 is 0.228. The van der Waals surface area contributed by atoms with Gasteiger partial charge in [-0.05, 0) is 31.2 Å². The van der Waals surface area contributed by atoms with E-state index in [1.807, 2.05) is 0 Å². The van der Waals surface area contributed by atoms with Gasteiger partial charge in [0.15, 0.2) is 12.4 Å². The van der Waals surface area contributed by atoms with Crippen molar-refractivity contribution in [2.75, 3.05) is 11.9 Å². The standard InChI is InChI=1S/C18H15F2NO4S/c1-11(22)12-5-4-6-13(9-12)21-16(23)10-25-17(24)14-7-2-3-8-15(14)26-18(19)20/h2-9,18H,10H2,1H3,(H,21,23). The Hall–Kier alpha value is -2.74. The molecule has 26 heavy (non-hydrogen) atoms. The maximum absolute atomic E-state index is 12.5. The van der Waals surface area contributed by atoms with E-state index >= 15 is 0 Å². The second-order valence-corrected chi connectivity index (χ2v) is 6.17. The number of nitrogens with one attached hydrogen (secondary N) is 1. The molecule has 0 fully saturated rings. The molecule has 8 heteroatoms. The Morgan fingerprint density at radius 3 is 2.54 bits per heavy atom. The highest BCUT2D eigenvalue weighted by molar-refractivity contribution is 7.99. The van der Waals surface area contributed by atoms with Crippen LogP contribution in [0.15, 0.2) is 53.4 Å². The van der Waals surface area contributed by atoms with E-state index in [1.54, 1.807) is 18.2 Å². The maximum Gasteiger partial charge on any atom is 0.339 e. The molecular weight excluding hydrogens is 364 g/mol. The second kappa shape index (κ2) is 9.10. The lowest BCUT2D eigenvalue weighted by Gasteiger charge is -2.10. The molecule has 0 unspecified atom stereocenters. The zero-order valence-corrected chi connectivity index (χ0v) is 14.5. The molecule has 0 radical (unpaired) electrons. The first-order valence-corrected chi connectivity index (χ1v) is 8.36. The monoisotopic (exact) mass is 379 g/mol.